The van der Waals surface area contributed by atoms with Crippen LogP contribution in [0, 0.1) is 23.2 Å². The largest absolute Gasteiger partial charge is 0.481 e. The summed E-state index contributed by atoms with van der Waals surface area (Å²) >= 11 is 0. The van der Waals surface area contributed by atoms with Gasteiger partial charge in [0, 0.05) is 31.6 Å². The van der Waals surface area contributed by atoms with Crippen molar-refractivity contribution in [3.63, 3.8) is 0 Å². The lowest BCUT2D eigenvalue weighted by Gasteiger charge is -2.37. The van der Waals surface area contributed by atoms with E-state index in [0.717, 1.165) is 4.90 Å². The van der Waals surface area contributed by atoms with Gasteiger partial charge in [0.15, 0.2) is 0 Å². The van der Waals surface area contributed by atoms with Gasteiger partial charge in [0.05, 0.1) is 17.8 Å². The fourth-order valence-corrected chi connectivity index (χ4v) is 3.66. The number of hydrogen-bond acceptors (Lipinski definition) is 3. The number of carbonyl (C=O) groups excluding carboxylic acids is 2. The summed E-state index contributed by atoms with van der Waals surface area (Å²) in [6.45, 7) is 4.92. The molecule has 2 saturated heterocycles. The molecule has 2 rings (SSSR count). The molecule has 0 aromatic heterocycles. The molecule has 1 N–H and O–H groups in total. The Hall–Kier alpha value is -1.80. The maximum absolute atomic E-state index is 13.1. The minimum atomic E-state index is -4.67. The summed E-state index contributed by atoms with van der Waals surface area (Å²) in [4.78, 5) is 38.8. The minimum Gasteiger partial charge on any atom is -0.481 e. The molecule has 6 nitrogen and oxygen atoms in total. The second-order valence-corrected chi connectivity index (χ2v) is 8.18. The normalized spacial score (nSPS) is 27.5. The lowest BCUT2D eigenvalue weighted by Crippen LogP contribution is -2.49. The van der Waals surface area contributed by atoms with Gasteiger partial charge in [-0.25, -0.2) is 0 Å². The number of aliphatic carboxylic acids is 1. The van der Waals surface area contributed by atoms with Crippen LogP contribution in [-0.4, -0.2) is 65.0 Å². The van der Waals surface area contributed by atoms with E-state index in [-0.39, 0.29) is 12.5 Å². The van der Waals surface area contributed by atoms with Crippen molar-refractivity contribution in [2.24, 2.45) is 23.2 Å². The molecule has 2 fully saturated rings. The van der Waals surface area contributed by atoms with Crippen LogP contribution in [0.5, 0.6) is 0 Å². The molecule has 3 atom stereocenters. The van der Waals surface area contributed by atoms with Gasteiger partial charge in [0.25, 0.3) is 0 Å². The van der Waals surface area contributed by atoms with Crippen molar-refractivity contribution < 1.29 is 32.7 Å². The Balaban J connectivity index is 2.09. The van der Waals surface area contributed by atoms with Crippen LogP contribution >= 0.6 is 0 Å². The monoisotopic (exact) mass is 378 g/mol. The molecular formula is C17H25F3N2O4. The topological polar surface area (TPSA) is 77.9 Å². The number of nitrogens with zero attached hydrogens (tertiary/aromatic N) is 2. The summed E-state index contributed by atoms with van der Waals surface area (Å²) in [7, 11) is 0. The molecule has 0 aromatic rings. The van der Waals surface area contributed by atoms with Gasteiger partial charge in [-0.15, -0.1) is 0 Å². The standard InChI is InChI=1S/C17H25F3N2O4/c1-16(2,3)15(26)21-6-4-5-10(7-21)13(23)22-8-11(14(24)25)12(9-22)17(18,19)20/h10-12H,4-9H2,1-3H3,(H,24,25)/t10?,11-,12-/m1/s1. The molecule has 0 aromatic carbocycles. The third-order valence-electron chi connectivity index (χ3n) is 5.07. The molecule has 0 radical (unpaired) electrons. The van der Waals surface area contributed by atoms with Gasteiger partial charge in [0.1, 0.15) is 0 Å². The van der Waals surface area contributed by atoms with Gasteiger partial charge in [-0.2, -0.15) is 13.2 Å². The lowest BCUT2D eigenvalue weighted by atomic mass is 9.90. The first kappa shape index (κ1) is 20.5. The fraction of sp³-hybridized carbons (Fsp3) is 0.824. The number of halogens is 3. The van der Waals surface area contributed by atoms with Crippen LogP contribution < -0.4 is 0 Å². The molecule has 0 aliphatic carbocycles. The molecular weight excluding hydrogens is 353 g/mol. The molecule has 2 aliphatic rings. The van der Waals surface area contributed by atoms with Gasteiger partial charge in [-0.05, 0) is 12.8 Å². The van der Waals surface area contributed by atoms with Gasteiger partial charge in [-0.3, -0.25) is 14.4 Å². The van der Waals surface area contributed by atoms with Crippen LogP contribution in [0.15, 0.2) is 0 Å². The highest BCUT2D eigenvalue weighted by molar-refractivity contribution is 5.84. The SMILES string of the molecule is CC(C)(C)C(=O)N1CCCC(C(=O)N2C[C@@H](C(F)(F)F)[C@H](C(=O)O)C2)C1. The molecule has 2 aliphatic heterocycles. The molecule has 0 saturated carbocycles. The van der Waals surface area contributed by atoms with E-state index in [0.29, 0.717) is 19.4 Å². The Morgan fingerprint density at radius 3 is 2.08 bits per heavy atom. The van der Waals surface area contributed by atoms with Gasteiger partial charge < -0.3 is 14.9 Å². The number of hydrogen-bond donors (Lipinski definition) is 1. The van der Waals surface area contributed by atoms with E-state index in [4.69, 9.17) is 5.11 Å². The Morgan fingerprint density at radius 1 is 1.00 bits per heavy atom. The van der Waals surface area contributed by atoms with Crippen molar-refractivity contribution in [2.45, 2.75) is 39.8 Å². The van der Waals surface area contributed by atoms with Crippen LogP contribution in [0.4, 0.5) is 13.2 Å². The second-order valence-electron chi connectivity index (χ2n) is 8.18. The zero-order valence-electron chi connectivity index (χ0n) is 15.2. The third-order valence-corrected chi connectivity index (χ3v) is 5.07. The summed E-state index contributed by atoms with van der Waals surface area (Å²) in [6, 6.07) is 0. The summed E-state index contributed by atoms with van der Waals surface area (Å²) in [5.74, 6) is -6.43. The van der Waals surface area contributed by atoms with Crippen molar-refractivity contribution in [3.8, 4) is 0 Å². The van der Waals surface area contributed by atoms with Crippen LogP contribution in [0.25, 0.3) is 0 Å². The Morgan fingerprint density at radius 2 is 1.62 bits per heavy atom. The van der Waals surface area contributed by atoms with Crippen LogP contribution in [0.3, 0.4) is 0 Å². The molecule has 1 unspecified atom stereocenters. The molecule has 0 bridgehead atoms. The van der Waals surface area contributed by atoms with Crippen molar-refractivity contribution in [3.05, 3.63) is 0 Å². The maximum atomic E-state index is 13.1. The quantitative estimate of drug-likeness (QED) is 0.797. The number of amides is 2. The smallest absolute Gasteiger partial charge is 0.394 e. The van der Waals surface area contributed by atoms with Crippen LogP contribution in [-0.2, 0) is 14.4 Å². The van der Waals surface area contributed by atoms with Gasteiger partial charge in [0.2, 0.25) is 11.8 Å². The van der Waals surface area contributed by atoms with Gasteiger partial charge in [-0.1, -0.05) is 20.8 Å². The predicted octanol–water partition coefficient (Wildman–Crippen LogP) is 1.99. The predicted molar refractivity (Wildman–Crippen MR) is 86.0 cm³/mol. The van der Waals surface area contributed by atoms with E-state index in [1.807, 2.05) is 0 Å². The number of likely N-dealkylation sites (tertiary alicyclic amines) is 2. The molecule has 2 heterocycles. The summed E-state index contributed by atoms with van der Waals surface area (Å²) in [5.41, 5.74) is -0.603. The highest BCUT2D eigenvalue weighted by atomic mass is 19.4. The number of carboxylic acid groups (broad SMARTS) is 1. The molecule has 26 heavy (non-hydrogen) atoms. The maximum Gasteiger partial charge on any atom is 0.394 e. The summed E-state index contributed by atoms with van der Waals surface area (Å²) < 4.78 is 39.3. The third kappa shape index (κ3) is 4.29. The Bertz CT molecular complexity index is 586. The zero-order valence-corrected chi connectivity index (χ0v) is 15.2. The average Bonchev–Trinajstić information content (AvgIpc) is 2.98. The minimum absolute atomic E-state index is 0.104. The Labute approximate surface area is 150 Å². The molecule has 0 spiro atoms. The van der Waals surface area contributed by atoms with E-state index < -0.39 is 54.3 Å². The van der Waals surface area contributed by atoms with Crippen molar-refractivity contribution in [2.75, 3.05) is 26.2 Å². The zero-order chi connectivity index (χ0) is 19.9. The highest BCUT2D eigenvalue weighted by Crippen LogP contribution is 2.38. The first-order valence-corrected chi connectivity index (χ1v) is 8.70. The first-order chi connectivity index (χ1) is 11.8. The number of alkyl halides is 3. The number of carbonyl (C=O) groups is 3. The van der Waals surface area contributed by atoms with Crippen LogP contribution in [0.1, 0.15) is 33.6 Å². The fourth-order valence-electron chi connectivity index (χ4n) is 3.66. The van der Waals surface area contributed by atoms with E-state index in [2.05, 4.69) is 0 Å². The van der Waals surface area contributed by atoms with E-state index in [9.17, 15) is 27.6 Å². The lowest BCUT2D eigenvalue weighted by molar-refractivity contribution is -0.188. The van der Waals surface area contributed by atoms with Crippen molar-refractivity contribution >= 4 is 17.8 Å². The number of rotatable bonds is 2. The Kier molecular flexibility index (Phi) is 5.58. The summed E-state index contributed by atoms with van der Waals surface area (Å²) in [6.07, 6.45) is -3.59. The molecule has 9 heteroatoms. The molecule has 148 valence electrons. The van der Waals surface area contributed by atoms with E-state index in [1.165, 1.54) is 0 Å². The number of piperidine rings is 1. The number of carboxylic acids is 1. The second kappa shape index (κ2) is 7.08. The van der Waals surface area contributed by atoms with Crippen LogP contribution in [0.2, 0.25) is 0 Å². The van der Waals surface area contributed by atoms with E-state index in [1.54, 1.807) is 25.7 Å². The first-order valence-electron chi connectivity index (χ1n) is 8.70. The van der Waals surface area contributed by atoms with Crippen molar-refractivity contribution in [1.82, 2.24) is 9.80 Å². The van der Waals surface area contributed by atoms with E-state index >= 15 is 0 Å². The molecule has 2 amide bonds. The van der Waals surface area contributed by atoms with Gasteiger partial charge >= 0.3 is 12.1 Å². The highest BCUT2D eigenvalue weighted by Gasteiger charge is 2.54. The average molecular weight is 378 g/mol. The van der Waals surface area contributed by atoms with Crippen molar-refractivity contribution in [1.29, 1.82) is 0 Å². The summed E-state index contributed by atoms with van der Waals surface area (Å²) in [5, 5.41) is 9.07.